The monoisotopic (exact) mass is 396 g/mol. The van der Waals surface area contributed by atoms with Crippen LogP contribution in [0.4, 0.5) is 10.5 Å². The van der Waals surface area contributed by atoms with E-state index in [0.717, 1.165) is 0 Å². The van der Waals surface area contributed by atoms with Crippen molar-refractivity contribution in [1.82, 2.24) is 10.2 Å². The minimum atomic E-state index is -0.588. The zero-order valence-corrected chi connectivity index (χ0v) is 16.0. The number of amides is 3. The number of imide groups is 1. The molecule has 2 heterocycles. The molecule has 2 aromatic rings. The highest BCUT2D eigenvalue weighted by molar-refractivity contribution is 6.01. The van der Waals surface area contributed by atoms with Gasteiger partial charge in [-0.05, 0) is 17.7 Å². The van der Waals surface area contributed by atoms with Crippen molar-refractivity contribution in [2.45, 2.75) is 12.0 Å². The molecule has 2 atom stereocenters. The number of urea groups is 1. The predicted molar refractivity (Wildman–Crippen MR) is 108 cm³/mol. The van der Waals surface area contributed by atoms with Crippen LogP contribution in [0.15, 0.2) is 48.5 Å². The van der Waals surface area contributed by atoms with Crippen molar-refractivity contribution in [3.05, 3.63) is 54.1 Å². The first-order valence-corrected chi connectivity index (χ1v) is 9.62. The lowest BCUT2D eigenvalue weighted by Crippen LogP contribution is -2.41. The Morgan fingerprint density at radius 1 is 1.03 bits per heavy atom. The van der Waals surface area contributed by atoms with Crippen molar-refractivity contribution in [2.75, 3.05) is 38.2 Å². The molecule has 3 amide bonds. The lowest BCUT2D eigenvalue weighted by Gasteiger charge is -2.19. The Balaban J connectivity index is 1.28. The van der Waals surface area contributed by atoms with E-state index >= 15 is 0 Å². The Hall–Kier alpha value is -3.10. The number of benzene rings is 2. The summed E-state index contributed by atoms with van der Waals surface area (Å²) in [5.41, 5.74) is 7.95. The molecule has 0 radical (unpaired) electrons. The number of carbonyl (C=O) groups excluding carboxylic acids is 2. The topological polar surface area (TPSA) is 106 Å². The number of fused-ring (bicyclic) bond motifs is 1. The lowest BCUT2D eigenvalue weighted by molar-refractivity contribution is -0.120. The van der Waals surface area contributed by atoms with Crippen LogP contribution in [0.1, 0.15) is 11.5 Å². The van der Waals surface area contributed by atoms with E-state index in [-0.39, 0.29) is 24.4 Å². The number of carbonyl (C=O) groups is 2. The van der Waals surface area contributed by atoms with Gasteiger partial charge in [0.05, 0.1) is 6.54 Å². The van der Waals surface area contributed by atoms with Crippen molar-refractivity contribution >= 4 is 17.6 Å². The van der Waals surface area contributed by atoms with Crippen molar-refractivity contribution in [3.63, 3.8) is 0 Å². The largest absolute Gasteiger partial charge is 0.486 e. The average molecular weight is 396 g/mol. The molecule has 1 saturated heterocycles. The summed E-state index contributed by atoms with van der Waals surface area (Å²) < 4.78 is 10.9. The maximum atomic E-state index is 12.3. The van der Waals surface area contributed by atoms with Gasteiger partial charge in [0.15, 0.2) is 11.5 Å². The smallest absolute Gasteiger partial charge is 0.325 e. The molecule has 0 bridgehead atoms. The fourth-order valence-corrected chi connectivity index (χ4v) is 3.75. The summed E-state index contributed by atoms with van der Waals surface area (Å²) in [6.45, 7) is 2.37. The first-order valence-electron chi connectivity index (χ1n) is 9.62. The van der Waals surface area contributed by atoms with Gasteiger partial charge in [0.25, 0.3) is 0 Å². The fraction of sp³-hybridized carbons (Fsp3) is 0.333. The fourth-order valence-electron chi connectivity index (χ4n) is 3.75. The van der Waals surface area contributed by atoms with Crippen LogP contribution >= 0.6 is 0 Å². The minimum absolute atomic E-state index is 0.0447. The first kappa shape index (κ1) is 19.2. The highest BCUT2D eigenvalue weighted by Gasteiger charge is 2.32. The van der Waals surface area contributed by atoms with E-state index in [9.17, 15) is 9.59 Å². The van der Waals surface area contributed by atoms with Gasteiger partial charge < -0.3 is 20.5 Å². The standard InChI is InChI=1S/C21H24N4O4/c22-17-12-25(11-16(17)14-4-2-1-3-5-14)13-20(26)24-21(27)23-15-6-7-18-19(10-15)29-9-8-28-18/h1-7,10,16-17H,8-9,11-13,22H2,(H2,23,24,26,27)/t16-,17+/m0/s1. The summed E-state index contributed by atoms with van der Waals surface area (Å²) in [5.74, 6) is 1.01. The second-order valence-corrected chi connectivity index (χ2v) is 7.24. The number of ether oxygens (including phenoxy) is 2. The average Bonchev–Trinajstić information content (AvgIpc) is 3.08. The van der Waals surface area contributed by atoms with Gasteiger partial charge in [-0.3, -0.25) is 15.0 Å². The van der Waals surface area contributed by atoms with Crippen molar-refractivity contribution in [3.8, 4) is 11.5 Å². The van der Waals surface area contributed by atoms with E-state index in [4.69, 9.17) is 15.2 Å². The molecule has 0 aliphatic carbocycles. The quantitative estimate of drug-likeness (QED) is 0.724. The molecule has 4 N–H and O–H groups in total. The summed E-state index contributed by atoms with van der Waals surface area (Å²) in [5, 5.41) is 5.00. The maximum absolute atomic E-state index is 12.3. The zero-order valence-electron chi connectivity index (χ0n) is 16.0. The Morgan fingerprint density at radius 2 is 1.79 bits per heavy atom. The number of hydrogen-bond acceptors (Lipinski definition) is 6. The van der Waals surface area contributed by atoms with Crippen LogP contribution < -0.4 is 25.8 Å². The van der Waals surface area contributed by atoms with Crippen LogP contribution in [0, 0.1) is 0 Å². The van der Waals surface area contributed by atoms with Crippen molar-refractivity contribution < 1.29 is 19.1 Å². The van der Waals surface area contributed by atoms with E-state index in [1.54, 1.807) is 18.2 Å². The van der Waals surface area contributed by atoms with Crippen molar-refractivity contribution in [2.24, 2.45) is 5.73 Å². The van der Waals surface area contributed by atoms with E-state index in [2.05, 4.69) is 22.8 Å². The maximum Gasteiger partial charge on any atom is 0.325 e. The van der Waals surface area contributed by atoms with Gasteiger partial charge in [0.1, 0.15) is 13.2 Å². The molecule has 0 aromatic heterocycles. The van der Waals surface area contributed by atoms with Crippen LogP contribution in [-0.4, -0.2) is 55.7 Å². The summed E-state index contributed by atoms with van der Waals surface area (Å²) in [4.78, 5) is 26.4. The van der Waals surface area contributed by atoms with Crippen LogP contribution in [0.2, 0.25) is 0 Å². The Labute approximate surface area is 169 Å². The molecule has 0 spiro atoms. The molecule has 8 nitrogen and oxygen atoms in total. The summed E-state index contributed by atoms with van der Waals surface area (Å²) in [6, 6.07) is 14.5. The van der Waals surface area contributed by atoms with Gasteiger partial charge in [-0.2, -0.15) is 0 Å². The van der Waals surface area contributed by atoms with Gasteiger partial charge >= 0.3 is 6.03 Å². The lowest BCUT2D eigenvalue weighted by atomic mass is 9.95. The summed E-state index contributed by atoms with van der Waals surface area (Å²) in [6.07, 6.45) is 0. The van der Waals surface area contributed by atoms with E-state index in [1.807, 2.05) is 23.1 Å². The normalized spacial score (nSPS) is 20.9. The molecule has 8 heteroatoms. The van der Waals surface area contributed by atoms with Gasteiger partial charge in [0.2, 0.25) is 5.91 Å². The summed E-state index contributed by atoms with van der Waals surface area (Å²) >= 11 is 0. The van der Waals surface area contributed by atoms with Gasteiger partial charge in [-0.25, -0.2) is 4.79 Å². The van der Waals surface area contributed by atoms with Crippen molar-refractivity contribution in [1.29, 1.82) is 0 Å². The number of nitrogens with two attached hydrogens (primary N) is 1. The number of nitrogens with zero attached hydrogens (tertiary/aromatic N) is 1. The molecule has 1 fully saturated rings. The van der Waals surface area contributed by atoms with Gasteiger partial charge in [0, 0.05) is 36.8 Å². The molecular weight excluding hydrogens is 372 g/mol. The molecule has 2 aliphatic rings. The third kappa shape index (κ3) is 4.67. The highest BCUT2D eigenvalue weighted by atomic mass is 16.6. The molecule has 29 heavy (non-hydrogen) atoms. The molecule has 0 saturated carbocycles. The number of nitrogens with one attached hydrogen (secondary N) is 2. The van der Waals surface area contributed by atoms with Crippen LogP contribution in [-0.2, 0) is 4.79 Å². The van der Waals surface area contributed by atoms with Gasteiger partial charge in [-0.1, -0.05) is 30.3 Å². The predicted octanol–water partition coefficient (Wildman–Crippen LogP) is 1.53. The molecule has 152 valence electrons. The van der Waals surface area contributed by atoms with E-state index in [1.165, 1.54) is 5.56 Å². The third-order valence-electron chi connectivity index (χ3n) is 5.09. The molecular formula is C21H24N4O4. The number of likely N-dealkylation sites (tertiary alicyclic amines) is 1. The second-order valence-electron chi connectivity index (χ2n) is 7.24. The van der Waals surface area contributed by atoms with E-state index < -0.39 is 6.03 Å². The van der Waals surface area contributed by atoms with Crippen LogP contribution in [0.25, 0.3) is 0 Å². The Morgan fingerprint density at radius 3 is 2.59 bits per heavy atom. The molecule has 4 rings (SSSR count). The Kier molecular flexibility index (Phi) is 5.64. The van der Waals surface area contributed by atoms with Gasteiger partial charge in [-0.15, -0.1) is 0 Å². The number of anilines is 1. The summed E-state index contributed by atoms with van der Waals surface area (Å²) in [7, 11) is 0. The van der Waals surface area contributed by atoms with Crippen LogP contribution in [0.3, 0.4) is 0 Å². The number of rotatable bonds is 4. The van der Waals surface area contributed by atoms with Crippen LogP contribution in [0.5, 0.6) is 11.5 Å². The zero-order chi connectivity index (χ0) is 20.2. The molecule has 0 unspecified atom stereocenters. The SMILES string of the molecule is N[C@@H]1CN(CC(=O)NC(=O)Nc2ccc3c(c2)OCCO3)C[C@H]1c1ccccc1. The third-order valence-corrected chi connectivity index (χ3v) is 5.09. The molecule has 2 aliphatic heterocycles. The molecule has 2 aromatic carbocycles. The highest BCUT2D eigenvalue weighted by Crippen LogP contribution is 2.32. The minimum Gasteiger partial charge on any atom is -0.486 e. The van der Waals surface area contributed by atoms with E-state index in [0.29, 0.717) is 43.5 Å². The Bertz CT molecular complexity index is 890. The first-order chi connectivity index (χ1) is 14.1. The number of hydrogen-bond donors (Lipinski definition) is 3. The second kappa shape index (κ2) is 8.50.